The van der Waals surface area contributed by atoms with Crippen molar-refractivity contribution in [2.75, 3.05) is 11.9 Å². The van der Waals surface area contributed by atoms with Crippen molar-refractivity contribution < 1.29 is 0 Å². The molecular formula is C18H31N3. The Hall–Kier alpha value is -1.09. The van der Waals surface area contributed by atoms with E-state index in [-0.39, 0.29) is 5.54 Å². The van der Waals surface area contributed by atoms with Gasteiger partial charge in [0.05, 0.1) is 0 Å². The fraction of sp³-hybridized carbons (Fsp3) is 0.722. The predicted octanol–water partition coefficient (Wildman–Crippen LogP) is 3.98. The number of hydrogen-bond acceptors (Lipinski definition) is 3. The van der Waals surface area contributed by atoms with Gasteiger partial charge in [0.15, 0.2) is 0 Å². The van der Waals surface area contributed by atoms with Crippen molar-refractivity contribution in [3.63, 3.8) is 0 Å². The zero-order valence-corrected chi connectivity index (χ0v) is 14.3. The first kappa shape index (κ1) is 16.3. The highest BCUT2D eigenvalue weighted by atomic mass is 15.1. The summed E-state index contributed by atoms with van der Waals surface area (Å²) in [7, 11) is 2.25. The third-order valence-corrected chi connectivity index (χ3v) is 4.52. The maximum Gasteiger partial charge on any atom is 0.0442 e. The van der Waals surface area contributed by atoms with Gasteiger partial charge in [0, 0.05) is 48.8 Å². The molecule has 0 spiro atoms. The van der Waals surface area contributed by atoms with Gasteiger partial charge >= 0.3 is 0 Å². The lowest BCUT2D eigenvalue weighted by molar-refractivity contribution is 0.336. The van der Waals surface area contributed by atoms with E-state index in [0.29, 0.717) is 6.04 Å². The van der Waals surface area contributed by atoms with E-state index in [9.17, 15) is 0 Å². The lowest BCUT2D eigenvalue weighted by atomic mass is 9.86. The van der Waals surface area contributed by atoms with E-state index in [2.05, 4.69) is 56.0 Å². The quantitative estimate of drug-likeness (QED) is 0.908. The number of hydrogen-bond donors (Lipinski definition) is 1. The molecule has 21 heavy (non-hydrogen) atoms. The molecule has 2 atom stereocenters. The average Bonchev–Trinajstić information content (AvgIpc) is 2.44. The third-order valence-electron chi connectivity index (χ3n) is 4.52. The Morgan fingerprint density at radius 1 is 1.33 bits per heavy atom. The highest BCUT2D eigenvalue weighted by Crippen LogP contribution is 2.30. The molecule has 1 N–H and O–H groups in total. The molecule has 1 heterocycles. The van der Waals surface area contributed by atoms with Crippen molar-refractivity contribution in [3.8, 4) is 0 Å². The SMILES string of the molecule is CC1CCCC(N(C)c2ccncc2CNC(C)(C)C)C1. The number of aromatic nitrogens is 1. The van der Waals surface area contributed by atoms with Crippen molar-refractivity contribution in [1.82, 2.24) is 10.3 Å². The van der Waals surface area contributed by atoms with E-state index < -0.39 is 0 Å². The number of pyridine rings is 1. The highest BCUT2D eigenvalue weighted by molar-refractivity contribution is 5.52. The summed E-state index contributed by atoms with van der Waals surface area (Å²) in [6, 6.07) is 2.84. The van der Waals surface area contributed by atoms with Crippen LogP contribution in [0.2, 0.25) is 0 Å². The van der Waals surface area contributed by atoms with Crippen LogP contribution in [0.25, 0.3) is 0 Å². The van der Waals surface area contributed by atoms with Crippen LogP contribution in [0.5, 0.6) is 0 Å². The second-order valence-corrected chi connectivity index (χ2v) is 7.64. The van der Waals surface area contributed by atoms with Gasteiger partial charge < -0.3 is 10.2 Å². The van der Waals surface area contributed by atoms with E-state index in [1.165, 1.54) is 36.9 Å². The first-order valence-corrected chi connectivity index (χ1v) is 8.27. The lowest BCUT2D eigenvalue weighted by Gasteiger charge is -2.36. The van der Waals surface area contributed by atoms with E-state index >= 15 is 0 Å². The summed E-state index contributed by atoms with van der Waals surface area (Å²) in [5.41, 5.74) is 2.76. The summed E-state index contributed by atoms with van der Waals surface area (Å²) < 4.78 is 0. The van der Waals surface area contributed by atoms with Gasteiger partial charge in [0.1, 0.15) is 0 Å². The van der Waals surface area contributed by atoms with Crippen LogP contribution < -0.4 is 10.2 Å². The van der Waals surface area contributed by atoms with Gasteiger partial charge in [0.2, 0.25) is 0 Å². The summed E-state index contributed by atoms with van der Waals surface area (Å²) in [5.74, 6) is 0.851. The summed E-state index contributed by atoms with van der Waals surface area (Å²) in [5, 5.41) is 3.58. The minimum Gasteiger partial charge on any atom is -0.371 e. The molecule has 3 nitrogen and oxygen atoms in total. The number of rotatable bonds is 4. The van der Waals surface area contributed by atoms with Gasteiger partial charge in [-0.05, 0) is 45.6 Å². The molecular weight excluding hydrogens is 258 g/mol. The Labute approximate surface area is 130 Å². The Kier molecular flexibility index (Phi) is 5.26. The molecule has 0 aromatic carbocycles. The van der Waals surface area contributed by atoms with Gasteiger partial charge in [0.25, 0.3) is 0 Å². The van der Waals surface area contributed by atoms with Crippen LogP contribution in [-0.4, -0.2) is 23.6 Å². The monoisotopic (exact) mass is 289 g/mol. The highest BCUT2D eigenvalue weighted by Gasteiger charge is 2.24. The van der Waals surface area contributed by atoms with Crippen molar-refractivity contribution in [2.24, 2.45) is 5.92 Å². The largest absolute Gasteiger partial charge is 0.371 e. The fourth-order valence-corrected chi connectivity index (χ4v) is 3.21. The van der Waals surface area contributed by atoms with E-state index in [0.717, 1.165) is 12.5 Å². The van der Waals surface area contributed by atoms with Crippen LogP contribution in [0.4, 0.5) is 5.69 Å². The Balaban J connectivity index is 2.11. The standard InChI is InChI=1S/C18H31N3/c1-14-7-6-8-16(11-14)21(5)17-9-10-19-12-15(17)13-20-18(2,3)4/h9-10,12,14,16,20H,6-8,11,13H2,1-5H3. The minimum atomic E-state index is 0.130. The zero-order valence-electron chi connectivity index (χ0n) is 14.3. The maximum absolute atomic E-state index is 4.32. The second-order valence-electron chi connectivity index (χ2n) is 7.64. The summed E-state index contributed by atoms with van der Waals surface area (Å²) in [6.45, 7) is 9.87. The molecule has 1 fully saturated rings. The first-order valence-electron chi connectivity index (χ1n) is 8.27. The molecule has 0 aliphatic heterocycles. The molecule has 0 bridgehead atoms. The van der Waals surface area contributed by atoms with Gasteiger partial charge in [-0.25, -0.2) is 0 Å². The molecule has 3 heteroatoms. The Morgan fingerprint density at radius 2 is 2.10 bits per heavy atom. The second kappa shape index (κ2) is 6.78. The third kappa shape index (κ3) is 4.70. The summed E-state index contributed by atoms with van der Waals surface area (Å²) in [4.78, 5) is 6.80. The van der Waals surface area contributed by atoms with Gasteiger partial charge in [-0.1, -0.05) is 19.8 Å². The molecule has 1 aromatic rings. The van der Waals surface area contributed by atoms with Crippen LogP contribution in [0.15, 0.2) is 18.5 Å². The smallest absolute Gasteiger partial charge is 0.0442 e. The first-order chi connectivity index (χ1) is 9.87. The normalized spacial score (nSPS) is 23.1. The number of anilines is 1. The van der Waals surface area contributed by atoms with Gasteiger partial charge in [-0.15, -0.1) is 0 Å². The Bertz CT molecular complexity index is 450. The lowest BCUT2D eigenvalue weighted by Crippen LogP contribution is -2.38. The number of nitrogens with one attached hydrogen (secondary N) is 1. The fourth-order valence-electron chi connectivity index (χ4n) is 3.21. The molecule has 1 aliphatic carbocycles. The molecule has 0 amide bonds. The molecule has 2 unspecified atom stereocenters. The van der Waals surface area contributed by atoms with Crippen LogP contribution >= 0.6 is 0 Å². The molecule has 1 saturated carbocycles. The average molecular weight is 289 g/mol. The molecule has 2 rings (SSSR count). The molecule has 1 aromatic heterocycles. The predicted molar refractivity (Wildman–Crippen MR) is 90.7 cm³/mol. The summed E-state index contributed by atoms with van der Waals surface area (Å²) >= 11 is 0. The van der Waals surface area contributed by atoms with Crippen LogP contribution in [-0.2, 0) is 6.54 Å². The van der Waals surface area contributed by atoms with E-state index in [4.69, 9.17) is 0 Å². The van der Waals surface area contributed by atoms with Crippen molar-refractivity contribution in [2.45, 2.75) is 71.5 Å². The van der Waals surface area contributed by atoms with Crippen molar-refractivity contribution in [3.05, 3.63) is 24.0 Å². The molecule has 0 saturated heterocycles. The van der Waals surface area contributed by atoms with E-state index in [1.807, 2.05) is 12.4 Å². The molecule has 118 valence electrons. The van der Waals surface area contributed by atoms with E-state index in [1.54, 1.807) is 0 Å². The maximum atomic E-state index is 4.32. The van der Waals surface area contributed by atoms with Gasteiger partial charge in [-0.3, -0.25) is 4.98 Å². The topological polar surface area (TPSA) is 28.2 Å². The van der Waals surface area contributed by atoms with Crippen LogP contribution in [0, 0.1) is 5.92 Å². The molecule has 1 aliphatic rings. The van der Waals surface area contributed by atoms with Gasteiger partial charge in [-0.2, -0.15) is 0 Å². The summed E-state index contributed by atoms with van der Waals surface area (Å²) in [6.07, 6.45) is 9.30. The van der Waals surface area contributed by atoms with Crippen LogP contribution in [0.3, 0.4) is 0 Å². The molecule has 0 radical (unpaired) electrons. The zero-order chi connectivity index (χ0) is 15.5. The van der Waals surface area contributed by atoms with Crippen molar-refractivity contribution >= 4 is 5.69 Å². The van der Waals surface area contributed by atoms with Crippen LogP contribution in [0.1, 0.15) is 58.9 Å². The minimum absolute atomic E-state index is 0.130. The number of nitrogens with zero attached hydrogens (tertiary/aromatic N) is 2. The van der Waals surface area contributed by atoms with Crippen molar-refractivity contribution in [1.29, 1.82) is 0 Å². The Morgan fingerprint density at radius 3 is 2.76 bits per heavy atom.